The van der Waals surface area contributed by atoms with Crippen molar-refractivity contribution in [3.63, 3.8) is 0 Å². The summed E-state index contributed by atoms with van der Waals surface area (Å²) in [5.74, 6) is -0.226. The summed E-state index contributed by atoms with van der Waals surface area (Å²) in [6.07, 6.45) is 4.14. The van der Waals surface area contributed by atoms with Crippen LogP contribution >= 0.6 is 0 Å². The predicted molar refractivity (Wildman–Crippen MR) is 77.8 cm³/mol. The Hall–Kier alpha value is -2.05. The lowest BCUT2D eigenvalue weighted by molar-refractivity contribution is -0.150. The van der Waals surface area contributed by atoms with Gasteiger partial charge in [-0.1, -0.05) is 13.3 Å². The van der Waals surface area contributed by atoms with Crippen LogP contribution in [0.15, 0.2) is 11.1 Å². The monoisotopic (exact) mass is 295 g/mol. The SMILES string of the molecule is CCCC1(C(=O)O)CCCN(c2nc[nH]c(=O)c2OC)C1. The summed E-state index contributed by atoms with van der Waals surface area (Å²) in [5, 5.41) is 9.62. The summed E-state index contributed by atoms with van der Waals surface area (Å²) in [6, 6.07) is 0. The van der Waals surface area contributed by atoms with E-state index < -0.39 is 11.4 Å². The van der Waals surface area contributed by atoms with E-state index in [1.54, 1.807) is 0 Å². The van der Waals surface area contributed by atoms with Crippen molar-refractivity contribution in [1.29, 1.82) is 0 Å². The van der Waals surface area contributed by atoms with Gasteiger partial charge in [0, 0.05) is 13.1 Å². The fourth-order valence-electron chi connectivity index (χ4n) is 3.06. The Morgan fingerprint density at radius 3 is 3.00 bits per heavy atom. The molecule has 1 atom stereocenters. The molecular formula is C14H21N3O4. The van der Waals surface area contributed by atoms with Crippen LogP contribution in [-0.4, -0.2) is 41.2 Å². The molecule has 7 heteroatoms. The van der Waals surface area contributed by atoms with Crippen molar-refractivity contribution in [3.8, 4) is 5.75 Å². The molecular weight excluding hydrogens is 274 g/mol. The third-order valence-corrected chi connectivity index (χ3v) is 4.05. The minimum absolute atomic E-state index is 0.134. The molecule has 0 spiro atoms. The number of anilines is 1. The Morgan fingerprint density at radius 2 is 2.38 bits per heavy atom. The summed E-state index contributed by atoms with van der Waals surface area (Å²) >= 11 is 0. The summed E-state index contributed by atoms with van der Waals surface area (Å²) in [6.45, 7) is 3.00. The highest BCUT2D eigenvalue weighted by molar-refractivity contribution is 5.76. The normalized spacial score (nSPS) is 22.1. The lowest BCUT2D eigenvalue weighted by Crippen LogP contribution is -2.48. The van der Waals surface area contributed by atoms with E-state index in [0.717, 1.165) is 12.8 Å². The van der Waals surface area contributed by atoms with Crippen molar-refractivity contribution < 1.29 is 14.6 Å². The average Bonchev–Trinajstić information content (AvgIpc) is 2.47. The number of hydrogen-bond donors (Lipinski definition) is 2. The van der Waals surface area contributed by atoms with Gasteiger partial charge in [0.05, 0.1) is 18.9 Å². The quantitative estimate of drug-likeness (QED) is 0.849. The lowest BCUT2D eigenvalue weighted by atomic mass is 9.76. The molecule has 1 aliphatic rings. The number of methoxy groups -OCH3 is 1. The highest BCUT2D eigenvalue weighted by atomic mass is 16.5. The van der Waals surface area contributed by atoms with Crippen molar-refractivity contribution in [1.82, 2.24) is 9.97 Å². The first-order valence-electron chi connectivity index (χ1n) is 7.14. The number of ether oxygens (including phenoxy) is 1. The van der Waals surface area contributed by atoms with Crippen LogP contribution in [0.1, 0.15) is 32.6 Å². The second kappa shape index (κ2) is 6.15. The zero-order valence-corrected chi connectivity index (χ0v) is 12.4. The van der Waals surface area contributed by atoms with Gasteiger partial charge in [-0.05, 0) is 19.3 Å². The van der Waals surface area contributed by atoms with Gasteiger partial charge in [-0.3, -0.25) is 9.59 Å². The number of hydrogen-bond acceptors (Lipinski definition) is 5. The molecule has 2 N–H and O–H groups in total. The van der Waals surface area contributed by atoms with E-state index in [2.05, 4.69) is 9.97 Å². The Balaban J connectivity index is 2.35. The predicted octanol–water partition coefficient (Wildman–Crippen LogP) is 1.25. The van der Waals surface area contributed by atoms with Crippen LogP contribution in [0.4, 0.5) is 5.82 Å². The van der Waals surface area contributed by atoms with Gasteiger partial charge in [-0.25, -0.2) is 4.98 Å². The zero-order chi connectivity index (χ0) is 15.5. The lowest BCUT2D eigenvalue weighted by Gasteiger charge is -2.40. The zero-order valence-electron chi connectivity index (χ0n) is 12.4. The highest BCUT2D eigenvalue weighted by Crippen LogP contribution is 2.37. The molecule has 1 saturated heterocycles. The number of carbonyl (C=O) groups is 1. The van der Waals surface area contributed by atoms with Crippen LogP contribution in [0.3, 0.4) is 0 Å². The minimum atomic E-state index is -0.780. The van der Waals surface area contributed by atoms with Crippen LogP contribution in [0, 0.1) is 5.41 Å². The largest absolute Gasteiger partial charge is 0.489 e. The Bertz CT molecular complexity index is 568. The molecule has 1 unspecified atom stereocenters. The van der Waals surface area contributed by atoms with Gasteiger partial charge in [-0.15, -0.1) is 0 Å². The summed E-state index contributed by atoms with van der Waals surface area (Å²) in [4.78, 5) is 32.0. The van der Waals surface area contributed by atoms with Gasteiger partial charge in [-0.2, -0.15) is 0 Å². The number of aliphatic carboxylic acids is 1. The maximum absolute atomic E-state index is 11.8. The van der Waals surface area contributed by atoms with Crippen molar-refractivity contribution >= 4 is 11.8 Å². The number of nitrogens with zero attached hydrogens (tertiary/aromatic N) is 2. The second-order valence-corrected chi connectivity index (χ2v) is 5.45. The molecule has 1 aromatic heterocycles. The molecule has 0 amide bonds. The number of rotatable bonds is 5. The number of nitrogens with one attached hydrogen (secondary N) is 1. The van der Waals surface area contributed by atoms with Crippen molar-refractivity contribution in [3.05, 3.63) is 16.7 Å². The fraction of sp³-hybridized carbons (Fsp3) is 0.643. The van der Waals surface area contributed by atoms with Crippen molar-refractivity contribution in [2.45, 2.75) is 32.6 Å². The number of aromatic nitrogens is 2. The summed E-state index contributed by atoms with van der Waals surface area (Å²) in [5.41, 5.74) is -1.13. The van der Waals surface area contributed by atoms with E-state index in [0.29, 0.717) is 31.7 Å². The maximum Gasteiger partial charge on any atom is 0.311 e. The smallest absolute Gasteiger partial charge is 0.311 e. The number of H-pyrrole nitrogens is 1. The molecule has 0 bridgehead atoms. The molecule has 0 aromatic carbocycles. The molecule has 7 nitrogen and oxygen atoms in total. The molecule has 116 valence electrons. The van der Waals surface area contributed by atoms with Gasteiger partial charge >= 0.3 is 5.97 Å². The molecule has 2 heterocycles. The minimum Gasteiger partial charge on any atom is -0.489 e. The van der Waals surface area contributed by atoms with Crippen LogP contribution in [0.5, 0.6) is 5.75 Å². The van der Waals surface area contributed by atoms with Crippen LogP contribution in [0.25, 0.3) is 0 Å². The average molecular weight is 295 g/mol. The Kier molecular flexibility index (Phi) is 4.50. The first-order chi connectivity index (χ1) is 10.0. The first kappa shape index (κ1) is 15.3. The highest BCUT2D eigenvalue weighted by Gasteiger charge is 2.42. The Morgan fingerprint density at radius 1 is 1.62 bits per heavy atom. The summed E-state index contributed by atoms with van der Waals surface area (Å²) < 4.78 is 5.12. The fourth-order valence-corrected chi connectivity index (χ4v) is 3.06. The van der Waals surface area contributed by atoms with Gasteiger partial charge in [0.25, 0.3) is 5.56 Å². The van der Waals surface area contributed by atoms with Crippen LogP contribution < -0.4 is 15.2 Å². The van der Waals surface area contributed by atoms with Gasteiger partial charge in [0.1, 0.15) is 0 Å². The van der Waals surface area contributed by atoms with E-state index in [1.165, 1.54) is 13.4 Å². The molecule has 1 aromatic rings. The third kappa shape index (κ3) is 2.86. The van der Waals surface area contributed by atoms with Crippen LogP contribution in [0.2, 0.25) is 0 Å². The van der Waals surface area contributed by atoms with Gasteiger partial charge in [0.2, 0.25) is 5.75 Å². The van der Waals surface area contributed by atoms with Crippen molar-refractivity contribution in [2.75, 3.05) is 25.1 Å². The number of carboxylic acids is 1. The molecule has 0 saturated carbocycles. The molecule has 0 radical (unpaired) electrons. The number of piperidine rings is 1. The van der Waals surface area contributed by atoms with E-state index in [4.69, 9.17) is 4.74 Å². The van der Waals surface area contributed by atoms with E-state index in [-0.39, 0.29) is 11.3 Å². The molecule has 21 heavy (non-hydrogen) atoms. The van der Waals surface area contributed by atoms with E-state index >= 15 is 0 Å². The van der Waals surface area contributed by atoms with E-state index in [9.17, 15) is 14.7 Å². The van der Waals surface area contributed by atoms with Gasteiger partial charge < -0.3 is 19.7 Å². The standard InChI is InChI=1S/C14H21N3O4/c1-3-5-14(13(19)20)6-4-7-17(8-14)11-10(21-2)12(18)16-9-15-11/h9H,3-8H2,1-2H3,(H,19,20)(H,15,16,18). The molecule has 2 rings (SSSR count). The van der Waals surface area contributed by atoms with Crippen LogP contribution in [-0.2, 0) is 4.79 Å². The summed E-state index contributed by atoms with van der Waals surface area (Å²) in [7, 11) is 1.41. The number of carboxylic acid groups (broad SMARTS) is 1. The number of aromatic amines is 1. The Labute approximate surface area is 123 Å². The third-order valence-electron chi connectivity index (χ3n) is 4.05. The van der Waals surface area contributed by atoms with Crippen molar-refractivity contribution in [2.24, 2.45) is 5.41 Å². The van der Waals surface area contributed by atoms with Gasteiger partial charge in [0.15, 0.2) is 5.82 Å². The first-order valence-corrected chi connectivity index (χ1v) is 7.14. The maximum atomic E-state index is 11.8. The molecule has 1 fully saturated rings. The topological polar surface area (TPSA) is 95.5 Å². The molecule has 0 aliphatic carbocycles. The second-order valence-electron chi connectivity index (χ2n) is 5.45. The van der Waals surface area contributed by atoms with E-state index in [1.807, 2.05) is 11.8 Å². The molecule has 1 aliphatic heterocycles.